The van der Waals surface area contributed by atoms with Gasteiger partial charge in [0.15, 0.2) is 0 Å². The highest BCUT2D eigenvalue weighted by atomic mass is 35.5. The van der Waals surface area contributed by atoms with Crippen LogP contribution in [0.3, 0.4) is 0 Å². The molecule has 0 bridgehead atoms. The number of rotatable bonds is 5. The molecule has 1 fully saturated rings. The molecule has 0 unspecified atom stereocenters. The monoisotopic (exact) mass is 510 g/mol. The highest BCUT2D eigenvalue weighted by Crippen LogP contribution is 2.42. The molecule has 6 nitrogen and oxygen atoms in total. The van der Waals surface area contributed by atoms with Gasteiger partial charge in [-0.1, -0.05) is 55.1 Å². The van der Waals surface area contributed by atoms with Crippen molar-refractivity contribution in [2.45, 2.75) is 38.6 Å². The van der Waals surface area contributed by atoms with Crippen LogP contribution < -0.4 is 15.2 Å². The van der Waals surface area contributed by atoms with E-state index >= 15 is 0 Å². The normalized spacial score (nSPS) is 21.1. The van der Waals surface area contributed by atoms with Crippen molar-refractivity contribution in [3.63, 3.8) is 0 Å². The lowest BCUT2D eigenvalue weighted by atomic mass is 9.91. The van der Waals surface area contributed by atoms with Gasteiger partial charge in [-0.05, 0) is 48.7 Å². The van der Waals surface area contributed by atoms with Crippen LogP contribution in [0.5, 0.6) is 5.75 Å². The quantitative estimate of drug-likeness (QED) is 0.544. The Morgan fingerprint density at radius 1 is 1.06 bits per heavy atom. The molecule has 1 amide bonds. The lowest BCUT2D eigenvalue weighted by Gasteiger charge is -2.28. The van der Waals surface area contributed by atoms with Crippen LogP contribution in [0.15, 0.2) is 47.6 Å². The van der Waals surface area contributed by atoms with E-state index in [4.69, 9.17) is 33.0 Å². The van der Waals surface area contributed by atoms with Crippen molar-refractivity contribution in [2.75, 3.05) is 25.2 Å². The Bertz CT molecular complexity index is 992. The van der Waals surface area contributed by atoms with Gasteiger partial charge >= 0.3 is 0 Å². The minimum Gasteiger partial charge on any atom is -0.497 e. The van der Waals surface area contributed by atoms with Gasteiger partial charge in [-0.25, -0.2) is 5.01 Å². The lowest BCUT2D eigenvalue weighted by Crippen LogP contribution is -2.46. The Balaban J connectivity index is 0.00000306. The average Bonchev–Trinajstić information content (AvgIpc) is 2.94. The number of hydrazine groups is 1. The van der Waals surface area contributed by atoms with Gasteiger partial charge in [-0.2, -0.15) is 5.10 Å². The van der Waals surface area contributed by atoms with E-state index in [9.17, 15) is 4.79 Å². The molecule has 0 radical (unpaired) electrons. The highest BCUT2D eigenvalue weighted by Gasteiger charge is 2.40. The molecule has 2 atom stereocenters. The molecule has 2 heterocycles. The first kappa shape index (κ1) is 25.6. The number of hydrogen-bond acceptors (Lipinski definition) is 5. The van der Waals surface area contributed by atoms with E-state index in [-0.39, 0.29) is 30.3 Å². The molecule has 0 aromatic heterocycles. The van der Waals surface area contributed by atoms with Crippen molar-refractivity contribution in [1.82, 2.24) is 10.4 Å². The fourth-order valence-corrected chi connectivity index (χ4v) is 4.86. The maximum absolute atomic E-state index is 13.2. The van der Waals surface area contributed by atoms with E-state index in [0.29, 0.717) is 21.4 Å². The minimum absolute atomic E-state index is 0. The first-order chi connectivity index (χ1) is 15.5. The largest absolute Gasteiger partial charge is 0.497 e. The molecule has 0 saturated carbocycles. The molecule has 0 spiro atoms. The Morgan fingerprint density at radius 2 is 1.73 bits per heavy atom. The van der Waals surface area contributed by atoms with Gasteiger partial charge in [-0.15, -0.1) is 12.4 Å². The Labute approximate surface area is 211 Å². The topological polar surface area (TPSA) is 57.2 Å². The van der Waals surface area contributed by atoms with Crippen LogP contribution in [0.1, 0.15) is 44.2 Å². The summed E-state index contributed by atoms with van der Waals surface area (Å²) in [6, 6.07) is 13.0. The number of amides is 1. The van der Waals surface area contributed by atoms with Gasteiger partial charge in [0.25, 0.3) is 5.91 Å². The maximum Gasteiger partial charge on any atom is 0.282 e. The third kappa shape index (κ3) is 5.75. The smallest absolute Gasteiger partial charge is 0.282 e. The van der Waals surface area contributed by atoms with E-state index < -0.39 is 0 Å². The number of nitrogens with one attached hydrogen (secondary N) is 1. The number of nitrogens with zero attached hydrogens (tertiary/aromatic N) is 3. The summed E-state index contributed by atoms with van der Waals surface area (Å²) >= 11 is 12.7. The number of benzene rings is 2. The Kier molecular flexibility index (Phi) is 8.88. The molecule has 4 rings (SSSR count). The molecule has 178 valence electrons. The van der Waals surface area contributed by atoms with Crippen molar-refractivity contribution in [3.8, 4) is 5.75 Å². The summed E-state index contributed by atoms with van der Waals surface area (Å²) in [7, 11) is 1.64. The van der Waals surface area contributed by atoms with Gasteiger partial charge in [0.1, 0.15) is 11.5 Å². The molecule has 2 aromatic rings. The molecule has 33 heavy (non-hydrogen) atoms. The lowest BCUT2D eigenvalue weighted by molar-refractivity contribution is -0.119. The number of ether oxygens (including phenoxy) is 1. The second kappa shape index (κ2) is 11.4. The number of hydrazone groups is 1. The first-order valence-electron chi connectivity index (χ1n) is 11.0. The van der Waals surface area contributed by atoms with Crippen LogP contribution in [0, 0.1) is 5.92 Å². The number of methoxy groups -OCH3 is 1. The minimum atomic E-state index is -0.190. The van der Waals surface area contributed by atoms with Gasteiger partial charge in [0, 0.05) is 24.0 Å². The predicted octanol–water partition coefficient (Wildman–Crippen LogP) is 5.88. The van der Waals surface area contributed by atoms with Gasteiger partial charge in [0.2, 0.25) is 0 Å². The summed E-state index contributed by atoms with van der Waals surface area (Å²) in [4.78, 5) is 13.2. The van der Waals surface area contributed by atoms with Crippen molar-refractivity contribution in [1.29, 1.82) is 0 Å². The van der Waals surface area contributed by atoms with Crippen molar-refractivity contribution >= 4 is 52.9 Å². The Hall–Kier alpha value is -1.99. The summed E-state index contributed by atoms with van der Waals surface area (Å²) in [5, 5.41) is 9.66. The number of carbonyl (C=O) groups is 1. The van der Waals surface area contributed by atoms with Crippen LogP contribution in [0.25, 0.3) is 0 Å². The first-order valence-corrected chi connectivity index (χ1v) is 11.8. The third-order valence-electron chi connectivity index (χ3n) is 6.10. The summed E-state index contributed by atoms with van der Waals surface area (Å²) in [6.45, 7) is 3.75. The van der Waals surface area contributed by atoms with Gasteiger partial charge in [0.05, 0.1) is 23.9 Å². The zero-order valence-corrected chi connectivity index (χ0v) is 21.1. The summed E-state index contributed by atoms with van der Waals surface area (Å²) in [6.07, 6.45) is 4.57. The third-order valence-corrected chi connectivity index (χ3v) is 6.63. The fraction of sp³-hybridized carbons (Fsp3) is 0.417. The number of anilines is 1. The summed E-state index contributed by atoms with van der Waals surface area (Å²) < 4.78 is 5.31. The van der Waals surface area contributed by atoms with Crippen LogP contribution in [0.2, 0.25) is 10.0 Å². The number of hydrogen-bond donors (Lipinski definition) is 1. The number of halogens is 3. The second-order valence-corrected chi connectivity index (χ2v) is 9.12. The molecule has 9 heteroatoms. The van der Waals surface area contributed by atoms with Crippen LogP contribution >= 0.6 is 35.6 Å². The van der Waals surface area contributed by atoms with Crippen molar-refractivity contribution in [3.05, 3.63) is 58.1 Å². The van der Waals surface area contributed by atoms with Gasteiger partial charge < -0.3 is 4.74 Å². The molecule has 1 N–H and O–H groups in total. The Morgan fingerprint density at radius 3 is 2.33 bits per heavy atom. The van der Waals surface area contributed by atoms with Crippen molar-refractivity contribution in [2.24, 2.45) is 11.0 Å². The highest BCUT2D eigenvalue weighted by molar-refractivity contribution is 6.41. The standard InChI is InChI=1S/C24H28Cl2N4O2.ClH/c1-16-22(24(31)28-29-13-5-3-4-6-14-29)27-30(21-12-9-18(25)15-20(21)26)23(16)17-7-10-19(32-2)11-8-17;/h7-12,15-16,23H,3-6,13-14H2,1-2H3,(H,28,31);1H/t16-,23+;/m1./s1. The molecule has 0 aliphatic carbocycles. The second-order valence-electron chi connectivity index (χ2n) is 8.27. The van der Waals surface area contributed by atoms with E-state index in [0.717, 1.165) is 37.2 Å². The summed E-state index contributed by atoms with van der Waals surface area (Å²) in [5.41, 5.74) is 5.30. The van der Waals surface area contributed by atoms with Crippen LogP contribution in [-0.4, -0.2) is 36.8 Å². The fourth-order valence-electron chi connectivity index (χ4n) is 4.37. The van der Waals surface area contributed by atoms with Crippen LogP contribution in [-0.2, 0) is 4.79 Å². The van der Waals surface area contributed by atoms with E-state index in [1.54, 1.807) is 19.2 Å². The molecule has 1 saturated heterocycles. The van der Waals surface area contributed by atoms with Crippen molar-refractivity contribution < 1.29 is 9.53 Å². The predicted molar refractivity (Wildman–Crippen MR) is 137 cm³/mol. The summed E-state index contributed by atoms with van der Waals surface area (Å²) in [5.74, 6) is 0.461. The van der Waals surface area contributed by atoms with E-state index in [1.165, 1.54) is 12.8 Å². The molecule has 2 aliphatic rings. The van der Waals surface area contributed by atoms with E-state index in [2.05, 4.69) is 5.43 Å². The van der Waals surface area contributed by atoms with Gasteiger partial charge in [-0.3, -0.25) is 15.2 Å². The zero-order chi connectivity index (χ0) is 22.7. The SMILES string of the molecule is COc1ccc([C@@H]2[C@H](C)C(C(=O)NN3CCCCCC3)=NN2c2ccc(Cl)cc2Cl)cc1.Cl. The van der Waals surface area contributed by atoms with Crippen LogP contribution in [0.4, 0.5) is 5.69 Å². The zero-order valence-electron chi connectivity index (χ0n) is 18.8. The van der Waals surface area contributed by atoms with E-state index in [1.807, 2.05) is 47.3 Å². The molecular weight excluding hydrogens is 483 g/mol. The number of carbonyl (C=O) groups excluding carboxylic acids is 1. The molecular formula is C24H29Cl3N4O2. The molecule has 2 aliphatic heterocycles. The average molecular weight is 512 g/mol. The molecule has 2 aromatic carbocycles. The maximum atomic E-state index is 13.2.